The van der Waals surface area contributed by atoms with Gasteiger partial charge in [-0.25, -0.2) is 0 Å². The van der Waals surface area contributed by atoms with Gasteiger partial charge in [0.1, 0.15) is 12.2 Å². The molecule has 1 atom stereocenters. The number of hydrogen-bond acceptors (Lipinski definition) is 3. The van der Waals surface area contributed by atoms with Crippen molar-refractivity contribution in [2.24, 2.45) is 5.92 Å². The second-order valence-corrected chi connectivity index (χ2v) is 7.34. The van der Waals surface area contributed by atoms with E-state index >= 15 is 0 Å². The third-order valence-electron chi connectivity index (χ3n) is 5.50. The minimum atomic E-state index is 0.100. The molecule has 1 N–H and O–H groups in total. The maximum atomic E-state index is 12.9. The van der Waals surface area contributed by atoms with Crippen molar-refractivity contribution in [2.75, 3.05) is 13.1 Å². The summed E-state index contributed by atoms with van der Waals surface area (Å²) in [7, 11) is 0. The van der Waals surface area contributed by atoms with E-state index in [1.807, 2.05) is 70.3 Å². The van der Waals surface area contributed by atoms with Gasteiger partial charge in [0.2, 0.25) is 0 Å². The number of carbonyl (C=O) groups is 1. The van der Waals surface area contributed by atoms with E-state index in [1.54, 1.807) is 6.33 Å². The van der Waals surface area contributed by atoms with E-state index in [4.69, 9.17) is 0 Å². The molecule has 0 radical (unpaired) electrons. The topological polar surface area (TPSA) is 66.8 Å². The molecule has 1 saturated heterocycles. The number of nitrogens with zero attached hydrogens (tertiary/aromatic N) is 4. The molecule has 28 heavy (non-hydrogen) atoms. The van der Waals surface area contributed by atoms with Crippen molar-refractivity contribution in [3.8, 4) is 5.69 Å². The van der Waals surface area contributed by atoms with E-state index < -0.39 is 0 Å². The lowest BCUT2D eigenvalue weighted by Crippen LogP contribution is -2.29. The number of benzene rings is 2. The summed E-state index contributed by atoms with van der Waals surface area (Å²) in [5.74, 6) is 1.44. The fourth-order valence-electron chi connectivity index (χ4n) is 4.01. The normalized spacial score (nSPS) is 16.7. The van der Waals surface area contributed by atoms with Crippen LogP contribution in [0.5, 0.6) is 0 Å². The lowest BCUT2D eigenvalue weighted by atomic mass is 10.0. The number of likely N-dealkylation sites (tertiary alicyclic amines) is 1. The van der Waals surface area contributed by atoms with Gasteiger partial charge in [0, 0.05) is 42.5 Å². The highest BCUT2D eigenvalue weighted by Gasteiger charge is 2.28. The van der Waals surface area contributed by atoms with Gasteiger partial charge < -0.3 is 9.88 Å². The van der Waals surface area contributed by atoms with Crippen LogP contribution in [0.4, 0.5) is 0 Å². The van der Waals surface area contributed by atoms with Gasteiger partial charge in [0.05, 0.1) is 0 Å². The van der Waals surface area contributed by atoms with Crippen molar-refractivity contribution < 1.29 is 4.79 Å². The van der Waals surface area contributed by atoms with Crippen LogP contribution < -0.4 is 0 Å². The zero-order valence-corrected chi connectivity index (χ0v) is 15.5. The van der Waals surface area contributed by atoms with Crippen molar-refractivity contribution in [1.82, 2.24) is 24.6 Å². The highest BCUT2D eigenvalue weighted by Crippen LogP contribution is 2.24. The summed E-state index contributed by atoms with van der Waals surface area (Å²) >= 11 is 0. The minimum Gasteiger partial charge on any atom is -0.361 e. The van der Waals surface area contributed by atoms with Crippen LogP contribution in [0.15, 0.2) is 67.1 Å². The number of carbonyl (C=O) groups excluding carboxylic acids is 1. The maximum absolute atomic E-state index is 12.9. The van der Waals surface area contributed by atoms with Crippen LogP contribution in [-0.4, -0.2) is 43.6 Å². The van der Waals surface area contributed by atoms with Crippen LogP contribution in [0.1, 0.15) is 22.6 Å². The van der Waals surface area contributed by atoms with Gasteiger partial charge in [-0.1, -0.05) is 24.3 Å². The van der Waals surface area contributed by atoms with Crippen LogP contribution in [-0.2, 0) is 6.42 Å². The molecule has 1 fully saturated rings. The molecule has 140 valence electrons. The molecule has 1 aliphatic heterocycles. The molecule has 1 amide bonds. The smallest absolute Gasteiger partial charge is 0.253 e. The molecule has 4 aromatic rings. The monoisotopic (exact) mass is 371 g/mol. The summed E-state index contributed by atoms with van der Waals surface area (Å²) in [5.41, 5.74) is 2.80. The molecule has 0 spiro atoms. The van der Waals surface area contributed by atoms with Gasteiger partial charge in [-0.3, -0.25) is 9.36 Å². The Balaban J connectivity index is 1.29. The zero-order valence-electron chi connectivity index (χ0n) is 15.5. The molecule has 5 rings (SSSR count). The van der Waals surface area contributed by atoms with Crippen LogP contribution in [0.2, 0.25) is 0 Å². The largest absolute Gasteiger partial charge is 0.361 e. The van der Waals surface area contributed by atoms with Gasteiger partial charge in [-0.15, -0.1) is 10.2 Å². The summed E-state index contributed by atoms with van der Waals surface area (Å²) < 4.78 is 2.03. The second-order valence-electron chi connectivity index (χ2n) is 7.34. The van der Waals surface area contributed by atoms with Crippen LogP contribution >= 0.6 is 0 Å². The second kappa shape index (κ2) is 6.96. The fourth-order valence-corrected chi connectivity index (χ4v) is 4.01. The molecule has 2 aromatic carbocycles. The number of H-pyrrole nitrogens is 1. The van der Waals surface area contributed by atoms with E-state index in [-0.39, 0.29) is 5.91 Å². The summed E-state index contributed by atoms with van der Waals surface area (Å²) in [6.07, 6.45) is 5.45. The van der Waals surface area contributed by atoms with Crippen LogP contribution in [0.3, 0.4) is 0 Å². The Morgan fingerprint density at radius 3 is 2.93 bits per heavy atom. The first kappa shape index (κ1) is 16.7. The number of aromatic nitrogens is 4. The molecular formula is C22H21N5O. The number of aromatic amines is 1. The van der Waals surface area contributed by atoms with E-state index in [0.717, 1.165) is 53.9 Å². The van der Waals surface area contributed by atoms with Crippen molar-refractivity contribution in [1.29, 1.82) is 0 Å². The van der Waals surface area contributed by atoms with Crippen molar-refractivity contribution >= 4 is 16.8 Å². The number of nitrogens with one attached hydrogen (secondary N) is 1. The van der Waals surface area contributed by atoms with Crippen molar-refractivity contribution in [2.45, 2.75) is 12.8 Å². The van der Waals surface area contributed by atoms with E-state index in [9.17, 15) is 4.79 Å². The quantitative estimate of drug-likeness (QED) is 0.597. The van der Waals surface area contributed by atoms with Gasteiger partial charge in [0.25, 0.3) is 5.91 Å². The Morgan fingerprint density at radius 1 is 1.14 bits per heavy atom. The zero-order chi connectivity index (χ0) is 18.9. The highest BCUT2D eigenvalue weighted by molar-refractivity contribution is 5.98. The number of hydrogen-bond donors (Lipinski definition) is 1. The van der Waals surface area contributed by atoms with Gasteiger partial charge in [-0.05, 0) is 48.1 Å². The molecule has 3 heterocycles. The Bertz CT molecular complexity index is 1110. The molecule has 0 saturated carbocycles. The molecule has 6 nitrogen and oxygen atoms in total. The lowest BCUT2D eigenvalue weighted by Gasteiger charge is -2.17. The summed E-state index contributed by atoms with van der Waals surface area (Å²) in [6, 6.07) is 18.0. The highest BCUT2D eigenvalue weighted by atomic mass is 16.2. The Kier molecular flexibility index (Phi) is 4.16. The van der Waals surface area contributed by atoms with Crippen molar-refractivity contribution in [3.63, 3.8) is 0 Å². The number of rotatable bonds is 4. The molecule has 1 aliphatic rings. The summed E-state index contributed by atoms with van der Waals surface area (Å²) in [4.78, 5) is 18.1. The third kappa shape index (κ3) is 3.07. The first-order valence-electron chi connectivity index (χ1n) is 9.59. The molecule has 0 aliphatic carbocycles. The standard InChI is InChI=1S/C22H21N5O/c28-22(18-7-6-17-8-10-23-20(17)13-18)26-11-9-16(14-26)12-21-25-24-15-27(21)19-4-2-1-3-5-19/h1-8,10,13,15-16,23H,9,11-12,14H2. The average molecular weight is 371 g/mol. The third-order valence-corrected chi connectivity index (χ3v) is 5.50. The van der Waals surface area contributed by atoms with E-state index in [0.29, 0.717) is 5.92 Å². The predicted octanol–water partition coefficient (Wildman–Crippen LogP) is 3.45. The Hall–Kier alpha value is -3.41. The van der Waals surface area contributed by atoms with Crippen molar-refractivity contribution in [3.05, 3.63) is 78.5 Å². The van der Waals surface area contributed by atoms with Crippen LogP contribution in [0, 0.1) is 5.92 Å². The SMILES string of the molecule is O=C(c1ccc2cc[nH]c2c1)N1CCC(Cc2nncn2-c2ccccc2)C1. The predicted molar refractivity (Wildman–Crippen MR) is 107 cm³/mol. The van der Waals surface area contributed by atoms with Gasteiger partial charge in [0.15, 0.2) is 0 Å². The number of para-hydroxylation sites is 1. The Morgan fingerprint density at radius 2 is 2.04 bits per heavy atom. The first-order valence-corrected chi connectivity index (χ1v) is 9.59. The van der Waals surface area contributed by atoms with Crippen LogP contribution in [0.25, 0.3) is 16.6 Å². The Labute approximate surface area is 162 Å². The average Bonchev–Trinajstić information content (AvgIpc) is 3.48. The molecular weight excluding hydrogens is 350 g/mol. The molecule has 0 bridgehead atoms. The first-order chi connectivity index (χ1) is 13.8. The van der Waals surface area contributed by atoms with Gasteiger partial charge >= 0.3 is 0 Å². The minimum absolute atomic E-state index is 0.100. The molecule has 1 unspecified atom stereocenters. The van der Waals surface area contributed by atoms with E-state index in [2.05, 4.69) is 15.2 Å². The fraction of sp³-hybridized carbons (Fsp3) is 0.227. The summed E-state index contributed by atoms with van der Waals surface area (Å²) in [6.45, 7) is 1.54. The lowest BCUT2D eigenvalue weighted by molar-refractivity contribution is 0.0787. The summed E-state index contributed by atoms with van der Waals surface area (Å²) in [5, 5.41) is 9.53. The maximum Gasteiger partial charge on any atom is 0.253 e. The molecule has 2 aromatic heterocycles. The van der Waals surface area contributed by atoms with Gasteiger partial charge in [-0.2, -0.15) is 0 Å². The number of amides is 1. The van der Waals surface area contributed by atoms with E-state index in [1.165, 1.54) is 0 Å². The number of fused-ring (bicyclic) bond motifs is 1. The molecule has 6 heteroatoms.